The van der Waals surface area contributed by atoms with Crippen molar-refractivity contribution in [2.24, 2.45) is 5.41 Å². The fourth-order valence-electron chi connectivity index (χ4n) is 2.82. The minimum atomic E-state index is -0.294. The Kier molecular flexibility index (Phi) is 3.82. The molecule has 0 aliphatic heterocycles. The Hall–Kier alpha value is -0.900. The van der Waals surface area contributed by atoms with E-state index in [0.717, 1.165) is 25.2 Å². The zero-order valence-electron chi connectivity index (χ0n) is 10.9. The predicted octanol–water partition coefficient (Wildman–Crippen LogP) is 2.17. The number of aliphatic hydroxyl groups excluding tert-OH is 1. The average molecular weight is 237 g/mol. The molecule has 1 fully saturated rings. The van der Waals surface area contributed by atoms with Crippen molar-refractivity contribution >= 4 is 0 Å². The molecular formula is C13H23N3O. The van der Waals surface area contributed by atoms with Gasteiger partial charge in [-0.3, -0.25) is 4.68 Å². The Morgan fingerprint density at radius 1 is 1.41 bits per heavy atom. The van der Waals surface area contributed by atoms with E-state index in [1.165, 1.54) is 19.3 Å². The quantitative estimate of drug-likeness (QED) is 0.873. The predicted molar refractivity (Wildman–Crippen MR) is 66.6 cm³/mol. The SMILES string of the molecule is CCn1ncnc1CC(O)C1(C)CCCCC1. The summed E-state index contributed by atoms with van der Waals surface area (Å²) >= 11 is 0. The number of rotatable bonds is 4. The number of aryl methyl sites for hydroxylation is 1. The maximum absolute atomic E-state index is 10.4. The molecule has 1 aliphatic rings. The van der Waals surface area contributed by atoms with Crippen LogP contribution in [0.25, 0.3) is 0 Å². The number of hydrogen-bond donors (Lipinski definition) is 1. The maximum atomic E-state index is 10.4. The second-order valence-corrected chi connectivity index (χ2v) is 5.43. The highest BCUT2D eigenvalue weighted by Gasteiger charge is 2.34. The van der Waals surface area contributed by atoms with Crippen LogP contribution in [0.2, 0.25) is 0 Å². The lowest BCUT2D eigenvalue weighted by molar-refractivity contribution is 0.00847. The van der Waals surface area contributed by atoms with Crippen molar-refractivity contribution in [3.05, 3.63) is 12.2 Å². The molecule has 0 bridgehead atoms. The normalized spacial score (nSPS) is 21.4. The first kappa shape index (κ1) is 12.6. The van der Waals surface area contributed by atoms with Gasteiger partial charge < -0.3 is 5.11 Å². The molecule has 0 aromatic carbocycles. The van der Waals surface area contributed by atoms with E-state index >= 15 is 0 Å². The van der Waals surface area contributed by atoms with E-state index in [1.807, 2.05) is 11.6 Å². The molecule has 4 heteroatoms. The third kappa shape index (κ3) is 2.68. The summed E-state index contributed by atoms with van der Waals surface area (Å²) in [4.78, 5) is 4.24. The Morgan fingerprint density at radius 3 is 2.76 bits per heavy atom. The fourth-order valence-corrected chi connectivity index (χ4v) is 2.82. The second kappa shape index (κ2) is 5.17. The summed E-state index contributed by atoms with van der Waals surface area (Å²) in [5.74, 6) is 0.909. The van der Waals surface area contributed by atoms with Crippen LogP contribution in [-0.2, 0) is 13.0 Å². The van der Waals surface area contributed by atoms with Gasteiger partial charge in [0.05, 0.1) is 6.10 Å². The molecule has 17 heavy (non-hydrogen) atoms. The molecule has 2 rings (SSSR count). The van der Waals surface area contributed by atoms with E-state index in [0.29, 0.717) is 6.42 Å². The summed E-state index contributed by atoms with van der Waals surface area (Å²) in [5.41, 5.74) is 0.0722. The molecule has 1 saturated carbocycles. The van der Waals surface area contributed by atoms with Crippen molar-refractivity contribution in [1.29, 1.82) is 0 Å². The van der Waals surface area contributed by atoms with Gasteiger partial charge in [-0.05, 0) is 25.2 Å². The topological polar surface area (TPSA) is 50.9 Å². The van der Waals surface area contributed by atoms with Crippen LogP contribution in [0.3, 0.4) is 0 Å². The van der Waals surface area contributed by atoms with Gasteiger partial charge >= 0.3 is 0 Å². The maximum Gasteiger partial charge on any atom is 0.138 e. The van der Waals surface area contributed by atoms with Gasteiger partial charge in [0.15, 0.2) is 0 Å². The van der Waals surface area contributed by atoms with Crippen LogP contribution in [0.5, 0.6) is 0 Å². The Labute approximate surface area is 103 Å². The van der Waals surface area contributed by atoms with Gasteiger partial charge in [0, 0.05) is 13.0 Å². The number of nitrogens with zero attached hydrogens (tertiary/aromatic N) is 3. The van der Waals surface area contributed by atoms with Crippen LogP contribution in [0.15, 0.2) is 6.33 Å². The second-order valence-electron chi connectivity index (χ2n) is 5.43. The standard InChI is InChI=1S/C13H23N3O/c1-3-16-12(14-10-15-16)9-11(17)13(2)7-5-4-6-8-13/h10-11,17H,3-9H2,1-2H3. The fraction of sp³-hybridized carbons (Fsp3) is 0.846. The van der Waals surface area contributed by atoms with Gasteiger partial charge in [0.1, 0.15) is 12.2 Å². The number of aromatic nitrogens is 3. The highest BCUT2D eigenvalue weighted by atomic mass is 16.3. The van der Waals surface area contributed by atoms with Crippen LogP contribution in [-0.4, -0.2) is 26.0 Å². The lowest BCUT2D eigenvalue weighted by atomic mass is 9.71. The zero-order chi connectivity index (χ0) is 12.3. The summed E-state index contributed by atoms with van der Waals surface area (Å²) in [7, 11) is 0. The van der Waals surface area contributed by atoms with Gasteiger partial charge in [0.25, 0.3) is 0 Å². The summed E-state index contributed by atoms with van der Waals surface area (Å²) in [6.45, 7) is 5.08. The van der Waals surface area contributed by atoms with E-state index in [4.69, 9.17) is 0 Å². The molecule has 1 aromatic rings. The van der Waals surface area contributed by atoms with Gasteiger partial charge in [-0.25, -0.2) is 4.98 Å². The smallest absolute Gasteiger partial charge is 0.138 e. The average Bonchev–Trinajstić information content (AvgIpc) is 2.77. The summed E-state index contributed by atoms with van der Waals surface area (Å²) in [6, 6.07) is 0. The highest BCUT2D eigenvalue weighted by molar-refractivity contribution is 4.94. The molecule has 1 heterocycles. The molecule has 0 spiro atoms. The van der Waals surface area contributed by atoms with Crippen LogP contribution < -0.4 is 0 Å². The molecule has 1 aliphatic carbocycles. The van der Waals surface area contributed by atoms with E-state index in [9.17, 15) is 5.11 Å². The van der Waals surface area contributed by atoms with Crippen LogP contribution in [0.1, 0.15) is 51.8 Å². The molecule has 4 nitrogen and oxygen atoms in total. The number of hydrogen-bond acceptors (Lipinski definition) is 3. The Bertz CT molecular complexity index is 355. The summed E-state index contributed by atoms with van der Waals surface area (Å²) < 4.78 is 1.87. The van der Waals surface area contributed by atoms with Crippen molar-refractivity contribution < 1.29 is 5.11 Å². The van der Waals surface area contributed by atoms with Crippen molar-refractivity contribution in [1.82, 2.24) is 14.8 Å². The van der Waals surface area contributed by atoms with Crippen LogP contribution in [0, 0.1) is 5.41 Å². The first-order valence-corrected chi connectivity index (χ1v) is 6.70. The molecular weight excluding hydrogens is 214 g/mol. The van der Waals surface area contributed by atoms with Crippen molar-refractivity contribution in [2.45, 2.75) is 65.0 Å². The van der Waals surface area contributed by atoms with Crippen molar-refractivity contribution in [2.75, 3.05) is 0 Å². The molecule has 1 unspecified atom stereocenters. The van der Waals surface area contributed by atoms with Gasteiger partial charge in [-0.2, -0.15) is 5.10 Å². The first-order chi connectivity index (χ1) is 8.15. The lowest BCUT2D eigenvalue weighted by Gasteiger charge is -2.37. The van der Waals surface area contributed by atoms with Crippen LogP contribution >= 0.6 is 0 Å². The molecule has 0 saturated heterocycles. The molecule has 96 valence electrons. The van der Waals surface area contributed by atoms with Gasteiger partial charge in [-0.1, -0.05) is 26.2 Å². The number of aliphatic hydroxyl groups is 1. The molecule has 1 atom stereocenters. The molecule has 0 amide bonds. The van der Waals surface area contributed by atoms with E-state index < -0.39 is 0 Å². The van der Waals surface area contributed by atoms with Gasteiger partial charge in [-0.15, -0.1) is 0 Å². The third-order valence-electron chi connectivity index (χ3n) is 4.17. The van der Waals surface area contributed by atoms with Gasteiger partial charge in [0.2, 0.25) is 0 Å². The highest BCUT2D eigenvalue weighted by Crippen LogP contribution is 2.39. The van der Waals surface area contributed by atoms with E-state index in [-0.39, 0.29) is 11.5 Å². The summed E-state index contributed by atoms with van der Waals surface area (Å²) in [5, 5.41) is 14.6. The van der Waals surface area contributed by atoms with Crippen molar-refractivity contribution in [3.63, 3.8) is 0 Å². The Balaban J connectivity index is 2.02. The van der Waals surface area contributed by atoms with Crippen LogP contribution in [0.4, 0.5) is 0 Å². The third-order valence-corrected chi connectivity index (χ3v) is 4.17. The lowest BCUT2D eigenvalue weighted by Crippen LogP contribution is -2.36. The minimum Gasteiger partial charge on any atom is -0.392 e. The first-order valence-electron chi connectivity index (χ1n) is 6.70. The molecule has 1 N–H and O–H groups in total. The largest absolute Gasteiger partial charge is 0.392 e. The minimum absolute atomic E-state index is 0.0722. The molecule has 0 radical (unpaired) electrons. The van der Waals surface area contributed by atoms with E-state index in [2.05, 4.69) is 17.0 Å². The monoisotopic (exact) mass is 237 g/mol. The van der Waals surface area contributed by atoms with Crippen molar-refractivity contribution in [3.8, 4) is 0 Å². The van der Waals surface area contributed by atoms with E-state index in [1.54, 1.807) is 6.33 Å². The Morgan fingerprint density at radius 2 is 2.12 bits per heavy atom. The molecule has 1 aromatic heterocycles. The summed E-state index contributed by atoms with van der Waals surface area (Å²) in [6.07, 6.45) is 7.98. The zero-order valence-corrected chi connectivity index (χ0v) is 10.9.